The van der Waals surface area contributed by atoms with Gasteiger partial charge in [-0.25, -0.2) is 4.39 Å². The van der Waals surface area contributed by atoms with Gasteiger partial charge in [-0.3, -0.25) is 4.79 Å². The van der Waals surface area contributed by atoms with Crippen molar-refractivity contribution in [2.24, 2.45) is 11.1 Å². The van der Waals surface area contributed by atoms with E-state index in [9.17, 15) is 9.18 Å². The summed E-state index contributed by atoms with van der Waals surface area (Å²) in [7, 11) is 0. The average Bonchev–Trinajstić information content (AvgIpc) is 3.26. The van der Waals surface area contributed by atoms with Crippen LogP contribution in [0.2, 0.25) is 0 Å². The topological polar surface area (TPSA) is 70.9 Å². The second kappa shape index (κ2) is 6.36. The second-order valence-electron chi connectivity index (χ2n) is 4.86. The third kappa shape index (κ3) is 3.94. The van der Waals surface area contributed by atoms with Gasteiger partial charge in [0.05, 0.1) is 5.71 Å². The molecule has 1 aromatic rings. The number of ether oxygens (including phenoxy) is 1. The van der Waals surface area contributed by atoms with Crippen molar-refractivity contribution in [1.29, 1.82) is 0 Å². The van der Waals surface area contributed by atoms with Crippen LogP contribution in [-0.2, 0) is 4.79 Å². The van der Waals surface area contributed by atoms with Crippen LogP contribution in [0.4, 0.5) is 4.39 Å². The van der Waals surface area contributed by atoms with E-state index >= 15 is 0 Å². The van der Waals surface area contributed by atoms with Gasteiger partial charge >= 0.3 is 0 Å². The Labute approximate surface area is 116 Å². The fourth-order valence-electron chi connectivity index (χ4n) is 1.74. The minimum Gasteiger partial charge on any atom is -0.483 e. The monoisotopic (exact) mass is 280 g/mol. The number of hydrogen-bond donors (Lipinski definition) is 2. The number of hydrogen-bond acceptors (Lipinski definition) is 4. The van der Waals surface area contributed by atoms with E-state index in [2.05, 4.69) is 10.5 Å². The first-order valence-corrected chi connectivity index (χ1v) is 6.48. The fraction of sp³-hybridized carbons (Fsp3) is 0.429. The van der Waals surface area contributed by atoms with Crippen molar-refractivity contribution in [3.8, 4) is 5.75 Å². The Bertz CT molecular complexity index is 527. The van der Waals surface area contributed by atoms with Gasteiger partial charge in [0.15, 0.2) is 6.61 Å². The highest BCUT2D eigenvalue weighted by molar-refractivity contribution is 6.00. The number of carbonyl (C=O) groups excluding carboxylic acids is 1. The van der Waals surface area contributed by atoms with Gasteiger partial charge in [-0.2, -0.15) is 0 Å². The van der Waals surface area contributed by atoms with Crippen molar-refractivity contribution in [2.75, 3.05) is 13.2 Å². The summed E-state index contributed by atoms with van der Waals surface area (Å²) in [4.78, 5) is 11.6. The maximum absolute atomic E-state index is 13.2. The van der Waals surface area contributed by atoms with Gasteiger partial charge in [0.25, 0.3) is 5.91 Å². The standard InChI is InChI=1S/C14H17FN2O3/c1-9(17-19)12-5-4-11(15)6-13(12)20-8-14(18)16-7-10-2-3-10/h4-6,10,19H,2-3,7-8H2,1H3,(H,16,18). The molecule has 2 N–H and O–H groups in total. The Morgan fingerprint density at radius 2 is 2.30 bits per heavy atom. The highest BCUT2D eigenvalue weighted by Gasteiger charge is 2.21. The van der Waals surface area contributed by atoms with E-state index in [-0.39, 0.29) is 18.3 Å². The van der Waals surface area contributed by atoms with Gasteiger partial charge in [0.1, 0.15) is 11.6 Å². The van der Waals surface area contributed by atoms with Crippen LogP contribution in [0.1, 0.15) is 25.3 Å². The molecule has 1 aliphatic rings. The average molecular weight is 280 g/mol. The summed E-state index contributed by atoms with van der Waals surface area (Å²) in [5, 5.41) is 14.6. The van der Waals surface area contributed by atoms with Crippen LogP contribution < -0.4 is 10.1 Å². The summed E-state index contributed by atoms with van der Waals surface area (Å²) >= 11 is 0. The molecule has 0 atom stereocenters. The minimum absolute atomic E-state index is 0.182. The molecule has 0 bridgehead atoms. The summed E-state index contributed by atoms with van der Waals surface area (Å²) in [6, 6.07) is 3.85. The molecule has 108 valence electrons. The zero-order chi connectivity index (χ0) is 14.5. The van der Waals surface area contributed by atoms with E-state index in [1.165, 1.54) is 12.1 Å². The van der Waals surface area contributed by atoms with Crippen molar-refractivity contribution in [1.82, 2.24) is 5.32 Å². The first kappa shape index (κ1) is 14.3. The molecule has 6 heteroatoms. The lowest BCUT2D eigenvalue weighted by Gasteiger charge is -2.11. The maximum Gasteiger partial charge on any atom is 0.257 e. The molecule has 0 saturated heterocycles. The molecule has 1 amide bonds. The molecule has 5 nitrogen and oxygen atoms in total. The first-order valence-electron chi connectivity index (χ1n) is 6.48. The number of benzene rings is 1. The molecule has 1 aliphatic carbocycles. The van der Waals surface area contributed by atoms with E-state index in [0.717, 1.165) is 18.9 Å². The van der Waals surface area contributed by atoms with Gasteiger partial charge in [-0.05, 0) is 37.8 Å². The van der Waals surface area contributed by atoms with Crippen LogP contribution in [0.15, 0.2) is 23.4 Å². The molecule has 2 rings (SSSR count). The van der Waals surface area contributed by atoms with Gasteiger partial charge in [-0.15, -0.1) is 0 Å². The van der Waals surface area contributed by atoms with E-state index < -0.39 is 5.82 Å². The first-order chi connectivity index (χ1) is 9.60. The Balaban J connectivity index is 1.96. The quantitative estimate of drug-likeness (QED) is 0.475. The molecule has 0 spiro atoms. The summed E-state index contributed by atoms with van der Waals surface area (Å²) in [6.07, 6.45) is 2.31. The lowest BCUT2D eigenvalue weighted by Crippen LogP contribution is -2.30. The van der Waals surface area contributed by atoms with Crippen LogP contribution in [-0.4, -0.2) is 30.0 Å². The molecule has 1 saturated carbocycles. The van der Waals surface area contributed by atoms with Crippen molar-refractivity contribution in [3.63, 3.8) is 0 Å². The van der Waals surface area contributed by atoms with Gasteiger partial charge < -0.3 is 15.3 Å². The number of nitrogens with zero attached hydrogens (tertiary/aromatic N) is 1. The molecule has 0 unspecified atom stereocenters. The molecule has 0 aromatic heterocycles. The Morgan fingerprint density at radius 3 is 2.95 bits per heavy atom. The number of halogens is 1. The van der Waals surface area contributed by atoms with Crippen molar-refractivity contribution in [2.45, 2.75) is 19.8 Å². The molecule has 0 aliphatic heterocycles. The van der Waals surface area contributed by atoms with Crippen LogP contribution in [0.25, 0.3) is 0 Å². The molecule has 1 fully saturated rings. The molecular formula is C14H17FN2O3. The van der Waals surface area contributed by atoms with Crippen LogP contribution in [0, 0.1) is 11.7 Å². The number of amides is 1. The van der Waals surface area contributed by atoms with Gasteiger partial charge in [0, 0.05) is 18.2 Å². The van der Waals surface area contributed by atoms with Gasteiger partial charge in [0.2, 0.25) is 0 Å². The molecule has 0 radical (unpaired) electrons. The van der Waals surface area contributed by atoms with Gasteiger partial charge in [-0.1, -0.05) is 5.16 Å². The normalized spacial score (nSPS) is 15.0. The van der Waals surface area contributed by atoms with Crippen LogP contribution in [0.3, 0.4) is 0 Å². The van der Waals surface area contributed by atoms with Crippen molar-refractivity contribution < 1.29 is 19.1 Å². The van der Waals surface area contributed by atoms with E-state index in [0.29, 0.717) is 23.7 Å². The molecular weight excluding hydrogens is 263 g/mol. The summed E-state index contributed by atoms with van der Waals surface area (Å²) in [5.41, 5.74) is 0.738. The minimum atomic E-state index is -0.479. The van der Waals surface area contributed by atoms with E-state index in [1.807, 2.05) is 0 Å². The smallest absolute Gasteiger partial charge is 0.257 e. The Kier molecular flexibility index (Phi) is 4.55. The van der Waals surface area contributed by atoms with Crippen molar-refractivity contribution >= 4 is 11.6 Å². The predicted octanol–water partition coefficient (Wildman–Crippen LogP) is 1.93. The highest BCUT2D eigenvalue weighted by Crippen LogP contribution is 2.27. The molecule has 0 heterocycles. The largest absolute Gasteiger partial charge is 0.483 e. The summed E-state index contributed by atoms with van der Waals surface area (Å²) < 4.78 is 18.5. The molecule has 1 aromatic carbocycles. The van der Waals surface area contributed by atoms with Crippen LogP contribution >= 0.6 is 0 Å². The number of carbonyl (C=O) groups is 1. The predicted molar refractivity (Wildman–Crippen MR) is 71.6 cm³/mol. The maximum atomic E-state index is 13.2. The van der Waals surface area contributed by atoms with E-state index in [4.69, 9.17) is 9.94 Å². The zero-order valence-electron chi connectivity index (χ0n) is 11.2. The highest BCUT2D eigenvalue weighted by atomic mass is 19.1. The summed E-state index contributed by atoms with van der Waals surface area (Å²) in [6.45, 7) is 2.03. The lowest BCUT2D eigenvalue weighted by atomic mass is 10.1. The Morgan fingerprint density at radius 1 is 1.55 bits per heavy atom. The number of nitrogens with one attached hydrogen (secondary N) is 1. The lowest BCUT2D eigenvalue weighted by molar-refractivity contribution is -0.123. The SMILES string of the molecule is CC(=NO)c1ccc(F)cc1OCC(=O)NCC1CC1. The van der Waals surface area contributed by atoms with Crippen molar-refractivity contribution in [3.05, 3.63) is 29.6 Å². The fourth-order valence-corrected chi connectivity index (χ4v) is 1.74. The van der Waals surface area contributed by atoms with E-state index in [1.54, 1.807) is 6.92 Å². The molecule has 20 heavy (non-hydrogen) atoms. The zero-order valence-corrected chi connectivity index (χ0v) is 11.2. The number of rotatable bonds is 6. The summed E-state index contributed by atoms with van der Waals surface area (Å²) in [5.74, 6) is 0.0490. The third-order valence-electron chi connectivity index (χ3n) is 3.13. The van der Waals surface area contributed by atoms with Crippen LogP contribution in [0.5, 0.6) is 5.75 Å². The third-order valence-corrected chi connectivity index (χ3v) is 3.13. The number of oxime groups is 1. The second-order valence-corrected chi connectivity index (χ2v) is 4.86. The Hall–Kier alpha value is -2.11.